The van der Waals surface area contributed by atoms with Crippen LogP contribution in [0.5, 0.6) is 11.5 Å². The summed E-state index contributed by atoms with van der Waals surface area (Å²) in [5, 5.41) is 14.5. The van der Waals surface area contributed by atoms with Crippen molar-refractivity contribution in [2.24, 2.45) is 0 Å². The highest BCUT2D eigenvalue weighted by atomic mass is 16.6. The van der Waals surface area contributed by atoms with Crippen LogP contribution < -0.4 is 14.8 Å². The van der Waals surface area contributed by atoms with Gasteiger partial charge in [-0.2, -0.15) is 0 Å². The monoisotopic (exact) mass is 383 g/mol. The van der Waals surface area contributed by atoms with Gasteiger partial charge >= 0.3 is 0 Å². The Labute approximate surface area is 161 Å². The SMILES string of the molecule is COc1ccc(CCNC(=O)Cn2ccc3c([N+](=O)[O-])cccc32)cc1OC. The van der Waals surface area contributed by atoms with Crippen LogP contribution in [0.1, 0.15) is 5.56 Å². The van der Waals surface area contributed by atoms with Crippen LogP contribution in [0.2, 0.25) is 0 Å². The maximum Gasteiger partial charge on any atom is 0.278 e. The Bertz CT molecular complexity index is 1010. The number of nitro benzene ring substituents is 1. The molecule has 0 aliphatic rings. The van der Waals surface area contributed by atoms with Crippen LogP contribution in [0.15, 0.2) is 48.7 Å². The number of carbonyl (C=O) groups excluding carboxylic acids is 1. The molecule has 1 heterocycles. The van der Waals surface area contributed by atoms with Gasteiger partial charge in [-0.05, 0) is 36.2 Å². The number of benzene rings is 2. The van der Waals surface area contributed by atoms with Crippen LogP contribution in [-0.2, 0) is 17.8 Å². The van der Waals surface area contributed by atoms with Crippen molar-refractivity contribution >= 4 is 22.5 Å². The second-order valence-electron chi connectivity index (χ2n) is 6.20. The topological polar surface area (TPSA) is 95.6 Å². The first-order chi connectivity index (χ1) is 13.5. The van der Waals surface area contributed by atoms with E-state index < -0.39 is 4.92 Å². The number of nitro groups is 1. The first kappa shape index (κ1) is 19.2. The van der Waals surface area contributed by atoms with Gasteiger partial charge in [-0.15, -0.1) is 0 Å². The van der Waals surface area contributed by atoms with E-state index in [1.54, 1.807) is 43.2 Å². The highest BCUT2D eigenvalue weighted by molar-refractivity contribution is 5.90. The third-order valence-corrected chi connectivity index (χ3v) is 4.49. The first-order valence-electron chi connectivity index (χ1n) is 8.73. The molecule has 3 rings (SSSR count). The maximum atomic E-state index is 12.3. The lowest BCUT2D eigenvalue weighted by atomic mass is 10.1. The highest BCUT2D eigenvalue weighted by Crippen LogP contribution is 2.28. The lowest BCUT2D eigenvalue weighted by Crippen LogP contribution is -2.29. The number of methoxy groups -OCH3 is 2. The van der Waals surface area contributed by atoms with Crippen LogP contribution >= 0.6 is 0 Å². The summed E-state index contributed by atoms with van der Waals surface area (Å²) in [5.41, 5.74) is 1.70. The number of amides is 1. The van der Waals surface area contributed by atoms with E-state index in [4.69, 9.17) is 9.47 Å². The van der Waals surface area contributed by atoms with Gasteiger partial charge in [-0.3, -0.25) is 14.9 Å². The lowest BCUT2D eigenvalue weighted by molar-refractivity contribution is -0.383. The zero-order valence-corrected chi connectivity index (χ0v) is 15.7. The van der Waals surface area contributed by atoms with Gasteiger partial charge in [0.05, 0.1) is 30.0 Å². The number of non-ortho nitro benzene ring substituents is 1. The minimum absolute atomic E-state index is 0.0325. The third-order valence-electron chi connectivity index (χ3n) is 4.49. The quantitative estimate of drug-likeness (QED) is 0.477. The van der Waals surface area contributed by atoms with Gasteiger partial charge in [0.2, 0.25) is 5.91 Å². The van der Waals surface area contributed by atoms with Gasteiger partial charge < -0.3 is 19.4 Å². The van der Waals surface area contributed by atoms with E-state index in [0.717, 1.165) is 5.56 Å². The largest absolute Gasteiger partial charge is 0.493 e. The number of nitrogens with zero attached hydrogens (tertiary/aromatic N) is 2. The molecule has 3 aromatic rings. The molecule has 8 heteroatoms. The first-order valence-corrected chi connectivity index (χ1v) is 8.73. The predicted molar refractivity (Wildman–Crippen MR) is 105 cm³/mol. The van der Waals surface area contributed by atoms with Crippen molar-refractivity contribution in [3.63, 3.8) is 0 Å². The summed E-state index contributed by atoms with van der Waals surface area (Å²) in [7, 11) is 3.16. The molecule has 146 valence electrons. The molecule has 0 bridgehead atoms. The Balaban J connectivity index is 1.60. The molecular weight excluding hydrogens is 362 g/mol. The summed E-state index contributed by atoms with van der Waals surface area (Å²) in [6.07, 6.45) is 2.33. The predicted octanol–water partition coefficient (Wildman–Crippen LogP) is 2.93. The van der Waals surface area contributed by atoms with Gasteiger partial charge in [0.1, 0.15) is 6.54 Å². The fourth-order valence-electron chi connectivity index (χ4n) is 3.10. The number of nitrogens with one attached hydrogen (secondary N) is 1. The van der Waals surface area contributed by atoms with Crippen molar-refractivity contribution in [3.8, 4) is 11.5 Å². The number of rotatable bonds is 8. The smallest absolute Gasteiger partial charge is 0.278 e. The van der Waals surface area contributed by atoms with Crippen molar-refractivity contribution in [2.45, 2.75) is 13.0 Å². The molecule has 0 saturated heterocycles. The highest BCUT2D eigenvalue weighted by Gasteiger charge is 2.15. The Hall–Kier alpha value is -3.55. The van der Waals surface area contributed by atoms with E-state index in [2.05, 4.69) is 5.32 Å². The average molecular weight is 383 g/mol. The fraction of sp³-hybridized carbons (Fsp3) is 0.250. The summed E-state index contributed by atoms with van der Waals surface area (Å²) in [5.74, 6) is 1.14. The number of hydrogen-bond donors (Lipinski definition) is 1. The van der Waals surface area contributed by atoms with E-state index >= 15 is 0 Å². The van der Waals surface area contributed by atoms with Crippen LogP contribution in [0.4, 0.5) is 5.69 Å². The van der Waals surface area contributed by atoms with Gasteiger partial charge in [-0.1, -0.05) is 12.1 Å². The summed E-state index contributed by atoms with van der Waals surface area (Å²) in [6, 6.07) is 12.1. The summed E-state index contributed by atoms with van der Waals surface area (Å²) in [6.45, 7) is 0.560. The molecule has 1 amide bonds. The van der Waals surface area contributed by atoms with Crippen molar-refractivity contribution in [1.29, 1.82) is 0 Å². The zero-order chi connectivity index (χ0) is 20.1. The molecule has 0 aliphatic heterocycles. The minimum atomic E-state index is -0.421. The molecule has 0 spiro atoms. The summed E-state index contributed by atoms with van der Waals surface area (Å²) < 4.78 is 12.2. The van der Waals surface area contributed by atoms with E-state index in [9.17, 15) is 14.9 Å². The van der Waals surface area contributed by atoms with E-state index in [-0.39, 0.29) is 18.1 Å². The van der Waals surface area contributed by atoms with Crippen molar-refractivity contribution in [3.05, 3.63) is 64.3 Å². The number of aromatic nitrogens is 1. The number of hydrogen-bond acceptors (Lipinski definition) is 5. The molecule has 0 atom stereocenters. The molecule has 28 heavy (non-hydrogen) atoms. The average Bonchev–Trinajstić information content (AvgIpc) is 3.10. The zero-order valence-electron chi connectivity index (χ0n) is 15.7. The normalized spacial score (nSPS) is 10.6. The van der Waals surface area contributed by atoms with Crippen molar-refractivity contribution < 1.29 is 19.2 Å². The van der Waals surface area contributed by atoms with E-state index in [1.807, 2.05) is 18.2 Å². The molecule has 2 aromatic carbocycles. The van der Waals surface area contributed by atoms with Crippen LogP contribution in [0.3, 0.4) is 0 Å². The maximum absolute atomic E-state index is 12.3. The molecule has 0 aliphatic carbocycles. The van der Waals surface area contributed by atoms with Gasteiger partial charge in [0.15, 0.2) is 11.5 Å². The van der Waals surface area contributed by atoms with Crippen LogP contribution in [0.25, 0.3) is 10.9 Å². The van der Waals surface area contributed by atoms with Crippen molar-refractivity contribution in [1.82, 2.24) is 9.88 Å². The second kappa shape index (κ2) is 8.43. The molecule has 0 radical (unpaired) electrons. The molecule has 0 saturated carbocycles. The molecule has 1 aromatic heterocycles. The molecule has 8 nitrogen and oxygen atoms in total. The number of carbonyl (C=O) groups is 1. The molecule has 0 fully saturated rings. The second-order valence-corrected chi connectivity index (χ2v) is 6.20. The Kier molecular flexibility index (Phi) is 5.78. The Morgan fingerprint density at radius 2 is 1.93 bits per heavy atom. The fourth-order valence-corrected chi connectivity index (χ4v) is 3.10. The minimum Gasteiger partial charge on any atom is -0.493 e. The van der Waals surface area contributed by atoms with Crippen molar-refractivity contribution in [2.75, 3.05) is 20.8 Å². The number of fused-ring (bicyclic) bond motifs is 1. The third kappa shape index (κ3) is 4.06. The lowest BCUT2D eigenvalue weighted by Gasteiger charge is -2.10. The Morgan fingerprint density at radius 3 is 2.64 bits per heavy atom. The molecule has 1 N–H and O–H groups in total. The van der Waals surface area contributed by atoms with E-state index in [1.165, 1.54) is 6.07 Å². The van der Waals surface area contributed by atoms with Gasteiger partial charge in [0.25, 0.3) is 5.69 Å². The van der Waals surface area contributed by atoms with Gasteiger partial charge in [-0.25, -0.2) is 0 Å². The molecule has 0 unspecified atom stereocenters. The summed E-state index contributed by atoms with van der Waals surface area (Å²) in [4.78, 5) is 23.0. The Morgan fingerprint density at radius 1 is 1.14 bits per heavy atom. The van der Waals surface area contributed by atoms with Crippen LogP contribution in [0, 0.1) is 10.1 Å². The van der Waals surface area contributed by atoms with Crippen LogP contribution in [-0.4, -0.2) is 36.2 Å². The number of ether oxygens (including phenoxy) is 2. The summed E-state index contributed by atoms with van der Waals surface area (Å²) >= 11 is 0. The van der Waals surface area contributed by atoms with Gasteiger partial charge in [0, 0.05) is 18.8 Å². The van der Waals surface area contributed by atoms with E-state index in [0.29, 0.717) is 35.4 Å². The standard InChI is InChI=1S/C20H21N3O5/c1-27-18-7-6-14(12-19(18)28-2)8-10-21-20(24)13-22-11-9-15-16(22)4-3-5-17(15)23(25)26/h3-7,9,11-12H,8,10,13H2,1-2H3,(H,21,24). The molecular formula is C20H21N3O5.